The first kappa shape index (κ1) is 37.5. The fraction of sp³-hybridized carbons (Fsp3) is 0.0806. The molecule has 0 saturated heterocycles. The average molecular weight is 832 g/mol. The molecule has 3 heteroatoms. The van der Waals surface area contributed by atoms with Crippen molar-refractivity contribution < 1.29 is 0 Å². The molecule has 1 atom stereocenters. The van der Waals surface area contributed by atoms with Crippen LogP contribution in [0.4, 0.5) is 0 Å². The van der Waals surface area contributed by atoms with Gasteiger partial charge in [0.15, 0.2) is 0 Å². The molecule has 0 amide bonds. The lowest BCUT2D eigenvalue weighted by Gasteiger charge is -2.46. The first-order chi connectivity index (χ1) is 32.0. The number of nitrogens with one attached hydrogen (secondary N) is 1. The summed E-state index contributed by atoms with van der Waals surface area (Å²) in [6.45, 7) is 4.78. The number of rotatable bonds is 5. The Hall–Kier alpha value is -8.01. The third-order valence-electron chi connectivity index (χ3n) is 14.5. The molecule has 0 saturated carbocycles. The van der Waals surface area contributed by atoms with E-state index < -0.39 is 5.41 Å². The zero-order chi connectivity index (χ0) is 43.3. The Bertz CT molecular complexity index is 3540. The third kappa shape index (κ3) is 5.45. The van der Waals surface area contributed by atoms with Gasteiger partial charge in [0.25, 0.3) is 0 Å². The number of amidine groups is 1. The monoisotopic (exact) mass is 831 g/mol. The van der Waals surface area contributed by atoms with Crippen LogP contribution in [0.5, 0.6) is 0 Å². The predicted octanol–water partition coefficient (Wildman–Crippen LogP) is 14.6. The van der Waals surface area contributed by atoms with E-state index in [1.165, 1.54) is 83.0 Å². The van der Waals surface area contributed by atoms with Crippen LogP contribution in [0.1, 0.15) is 70.0 Å². The van der Waals surface area contributed by atoms with Gasteiger partial charge >= 0.3 is 0 Å². The van der Waals surface area contributed by atoms with Crippen LogP contribution in [-0.4, -0.2) is 10.4 Å². The van der Waals surface area contributed by atoms with Gasteiger partial charge in [-0.1, -0.05) is 196 Å². The van der Waals surface area contributed by atoms with Crippen LogP contribution in [0.2, 0.25) is 0 Å². The van der Waals surface area contributed by atoms with Crippen LogP contribution in [0, 0.1) is 0 Å². The van der Waals surface area contributed by atoms with Crippen molar-refractivity contribution in [1.29, 1.82) is 0 Å². The molecule has 13 rings (SSSR count). The number of benzene rings is 9. The van der Waals surface area contributed by atoms with E-state index in [1.54, 1.807) is 0 Å². The standard InChI is InChI=1S/C62H45N3/c1-61(2)50-27-13-15-29-52(50)62(53-30-16-14-28-51(53)61)49-35-33-42(43-34-36-58-47(37-43)45-25-12-17-32-57(45)65(58)44-23-10-5-11-24-44)38-48(49)59-46(26-18-31-54(59)62)56-39-55(40-19-6-3-7-20-40)63-60(64-56)41-21-8-4-9-22-41/h3-39,55H,1-2H3,(H,63,64). The average Bonchev–Trinajstić information content (AvgIpc) is 3.86. The lowest BCUT2D eigenvalue weighted by Crippen LogP contribution is -2.40. The van der Waals surface area contributed by atoms with Crippen LogP contribution in [0.25, 0.3) is 55.4 Å². The van der Waals surface area contributed by atoms with Crippen molar-refractivity contribution >= 4 is 33.3 Å². The largest absolute Gasteiger partial charge is 0.359 e. The molecule has 308 valence electrons. The molecular weight excluding hydrogens is 787 g/mol. The Balaban J connectivity index is 1.09. The molecule has 0 bridgehead atoms. The van der Waals surface area contributed by atoms with E-state index in [-0.39, 0.29) is 11.5 Å². The second-order valence-corrected chi connectivity index (χ2v) is 18.3. The summed E-state index contributed by atoms with van der Waals surface area (Å²) >= 11 is 0. The molecule has 1 unspecified atom stereocenters. The number of fused-ring (bicyclic) bond motifs is 12. The molecule has 10 aromatic rings. The van der Waals surface area contributed by atoms with Gasteiger partial charge in [-0.15, -0.1) is 0 Å². The van der Waals surface area contributed by atoms with Crippen LogP contribution in [0.3, 0.4) is 0 Å². The quantitative estimate of drug-likeness (QED) is 0.184. The lowest BCUT2D eigenvalue weighted by atomic mass is 9.55. The van der Waals surface area contributed by atoms with Gasteiger partial charge in [0.05, 0.1) is 28.2 Å². The van der Waals surface area contributed by atoms with Gasteiger partial charge in [0.2, 0.25) is 0 Å². The first-order valence-corrected chi connectivity index (χ1v) is 22.8. The van der Waals surface area contributed by atoms with Gasteiger partial charge in [0.1, 0.15) is 5.84 Å². The fourth-order valence-corrected chi connectivity index (χ4v) is 11.6. The SMILES string of the molecule is CC1(C)c2ccccc2C2(c3ccc(-c4ccc5c(c4)c4ccccc4n5-c4ccccc4)cc3-c3c(C4=CC(c5ccccc5)NC(c5ccccc5)=N4)cccc32)c2ccccc21. The Morgan fingerprint density at radius 1 is 0.446 bits per heavy atom. The van der Waals surface area contributed by atoms with E-state index in [1.807, 2.05) is 0 Å². The van der Waals surface area contributed by atoms with Gasteiger partial charge < -0.3 is 9.88 Å². The highest BCUT2D eigenvalue weighted by molar-refractivity contribution is 6.11. The molecule has 1 aromatic heterocycles. The van der Waals surface area contributed by atoms with Crippen molar-refractivity contribution in [2.75, 3.05) is 0 Å². The Labute approximate surface area is 379 Å². The number of aliphatic imine (C=N–C) groups is 1. The van der Waals surface area contributed by atoms with Crippen molar-refractivity contribution in [2.45, 2.75) is 30.7 Å². The van der Waals surface area contributed by atoms with E-state index in [0.717, 1.165) is 28.3 Å². The van der Waals surface area contributed by atoms with Gasteiger partial charge in [-0.25, -0.2) is 4.99 Å². The number of aromatic nitrogens is 1. The Morgan fingerprint density at radius 2 is 1.03 bits per heavy atom. The smallest absolute Gasteiger partial charge is 0.134 e. The van der Waals surface area contributed by atoms with E-state index >= 15 is 0 Å². The summed E-state index contributed by atoms with van der Waals surface area (Å²) in [5, 5.41) is 6.30. The second kappa shape index (κ2) is 14.3. The molecular formula is C62H45N3. The van der Waals surface area contributed by atoms with Gasteiger partial charge in [-0.3, -0.25) is 0 Å². The zero-order valence-electron chi connectivity index (χ0n) is 36.3. The minimum atomic E-state index is -0.548. The topological polar surface area (TPSA) is 29.3 Å². The fourth-order valence-electron chi connectivity index (χ4n) is 11.6. The summed E-state index contributed by atoms with van der Waals surface area (Å²) in [4.78, 5) is 5.53. The maximum atomic E-state index is 5.53. The van der Waals surface area contributed by atoms with Crippen LogP contribution < -0.4 is 5.32 Å². The highest BCUT2D eigenvalue weighted by Gasteiger charge is 2.54. The molecule has 1 N–H and O–H groups in total. The normalized spacial score (nSPS) is 16.2. The number of hydrogen-bond donors (Lipinski definition) is 1. The predicted molar refractivity (Wildman–Crippen MR) is 269 cm³/mol. The third-order valence-corrected chi connectivity index (χ3v) is 14.5. The highest BCUT2D eigenvalue weighted by atomic mass is 15.0. The molecule has 9 aromatic carbocycles. The Kier molecular flexibility index (Phi) is 8.23. The number of hydrogen-bond acceptors (Lipinski definition) is 2. The minimum absolute atomic E-state index is 0.0717. The molecule has 2 heterocycles. The summed E-state index contributed by atoms with van der Waals surface area (Å²) in [7, 11) is 0. The summed E-state index contributed by atoms with van der Waals surface area (Å²) < 4.78 is 2.39. The highest BCUT2D eigenvalue weighted by Crippen LogP contribution is 2.63. The van der Waals surface area contributed by atoms with Crippen LogP contribution >= 0.6 is 0 Å². The van der Waals surface area contributed by atoms with E-state index in [9.17, 15) is 0 Å². The zero-order valence-corrected chi connectivity index (χ0v) is 36.3. The van der Waals surface area contributed by atoms with Crippen molar-refractivity contribution in [1.82, 2.24) is 9.88 Å². The summed E-state index contributed by atoms with van der Waals surface area (Å²) in [5.74, 6) is 0.870. The summed E-state index contributed by atoms with van der Waals surface area (Å²) in [5.41, 5.74) is 20.1. The molecule has 2 aliphatic carbocycles. The van der Waals surface area contributed by atoms with Crippen LogP contribution in [0.15, 0.2) is 229 Å². The maximum absolute atomic E-state index is 5.53. The van der Waals surface area contributed by atoms with Crippen molar-refractivity contribution in [3.8, 4) is 27.9 Å². The molecule has 3 nitrogen and oxygen atoms in total. The van der Waals surface area contributed by atoms with Gasteiger partial charge in [-0.2, -0.15) is 0 Å². The lowest BCUT2D eigenvalue weighted by molar-refractivity contribution is 0.563. The minimum Gasteiger partial charge on any atom is -0.359 e. The second-order valence-electron chi connectivity index (χ2n) is 18.3. The van der Waals surface area contributed by atoms with Crippen molar-refractivity contribution in [3.05, 3.63) is 275 Å². The van der Waals surface area contributed by atoms with E-state index in [2.05, 4.69) is 248 Å². The molecule has 65 heavy (non-hydrogen) atoms. The first-order valence-electron chi connectivity index (χ1n) is 22.8. The number of para-hydroxylation sites is 2. The summed E-state index contributed by atoms with van der Waals surface area (Å²) in [6.07, 6.45) is 2.33. The molecule has 1 aliphatic heterocycles. The van der Waals surface area contributed by atoms with Crippen LogP contribution in [-0.2, 0) is 10.8 Å². The maximum Gasteiger partial charge on any atom is 0.134 e. The molecule has 0 fully saturated rings. The van der Waals surface area contributed by atoms with Crippen molar-refractivity contribution in [2.24, 2.45) is 4.99 Å². The summed E-state index contributed by atoms with van der Waals surface area (Å²) in [6, 6.07) is 80.4. The van der Waals surface area contributed by atoms with E-state index in [0.29, 0.717) is 0 Å². The molecule has 1 spiro atoms. The number of nitrogens with zero attached hydrogens (tertiary/aromatic N) is 2. The van der Waals surface area contributed by atoms with Crippen molar-refractivity contribution in [3.63, 3.8) is 0 Å². The Morgan fingerprint density at radius 3 is 1.77 bits per heavy atom. The molecule has 0 radical (unpaired) electrons. The molecule has 3 aliphatic rings. The van der Waals surface area contributed by atoms with Gasteiger partial charge in [0, 0.05) is 33.0 Å². The van der Waals surface area contributed by atoms with Gasteiger partial charge in [-0.05, 0) is 104 Å². The van der Waals surface area contributed by atoms with E-state index in [4.69, 9.17) is 4.99 Å².